The van der Waals surface area contributed by atoms with Crippen LogP contribution in [0.4, 0.5) is 5.69 Å². The smallest absolute Gasteiger partial charge is 0.307 e. The van der Waals surface area contributed by atoms with Gasteiger partial charge in [0.05, 0.1) is 12.5 Å². The molecule has 0 fully saturated rings. The van der Waals surface area contributed by atoms with Crippen molar-refractivity contribution in [3.63, 3.8) is 0 Å². The van der Waals surface area contributed by atoms with Crippen LogP contribution in [-0.4, -0.2) is 11.1 Å². The fourth-order valence-electron chi connectivity index (χ4n) is 4.12. The van der Waals surface area contributed by atoms with Crippen molar-refractivity contribution in [2.24, 2.45) is 5.92 Å². The molecule has 4 rings (SSSR count). The number of benzene rings is 2. The van der Waals surface area contributed by atoms with Crippen LogP contribution in [0.5, 0.6) is 0 Å². The van der Waals surface area contributed by atoms with Crippen LogP contribution < -0.4 is 5.32 Å². The van der Waals surface area contributed by atoms with Crippen LogP contribution in [0, 0.1) is 12.8 Å². The van der Waals surface area contributed by atoms with Crippen molar-refractivity contribution in [1.29, 1.82) is 0 Å². The van der Waals surface area contributed by atoms with E-state index in [1.807, 2.05) is 12.1 Å². The van der Waals surface area contributed by atoms with Crippen molar-refractivity contribution in [1.82, 2.24) is 0 Å². The zero-order valence-corrected chi connectivity index (χ0v) is 13.7. The van der Waals surface area contributed by atoms with Crippen LogP contribution in [0.3, 0.4) is 0 Å². The molecule has 0 radical (unpaired) electrons. The summed E-state index contributed by atoms with van der Waals surface area (Å²) >= 11 is 0. The Labute approximate surface area is 142 Å². The number of rotatable bonds is 3. The van der Waals surface area contributed by atoms with Crippen LogP contribution in [0.2, 0.25) is 0 Å². The number of carbonyl (C=O) groups is 1. The number of fused-ring (bicyclic) bond motifs is 3. The third kappa shape index (κ3) is 2.60. The van der Waals surface area contributed by atoms with Crippen molar-refractivity contribution < 1.29 is 9.90 Å². The summed E-state index contributed by atoms with van der Waals surface area (Å²) in [5, 5.41) is 12.8. The van der Waals surface area contributed by atoms with Crippen LogP contribution >= 0.6 is 0 Å². The van der Waals surface area contributed by atoms with E-state index in [0.717, 1.165) is 17.7 Å². The molecular weight excluding hydrogens is 298 g/mol. The number of carboxylic acids is 1. The Morgan fingerprint density at radius 1 is 1.25 bits per heavy atom. The highest BCUT2D eigenvalue weighted by Crippen LogP contribution is 2.49. The summed E-state index contributed by atoms with van der Waals surface area (Å²) in [7, 11) is 0. The van der Waals surface area contributed by atoms with E-state index in [-0.39, 0.29) is 6.42 Å². The summed E-state index contributed by atoms with van der Waals surface area (Å²) in [5.74, 6) is 0.0646. The van der Waals surface area contributed by atoms with Gasteiger partial charge < -0.3 is 10.4 Å². The molecule has 0 saturated heterocycles. The first-order valence-electron chi connectivity index (χ1n) is 8.46. The maximum absolute atomic E-state index is 11.0. The SMILES string of the molecule is Cc1cccc([C@@H]2Nc3ccc(CC(=O)O)cc3[C@@H]3C=CC[C@@H]32)c1. The van der Waals surface area contributed by atoms with Crippen molar-refractivity contribution in [2.45, 2.75) is 31.7 Å². The van der Waals surface area contributed by atoms with E-state index in [9.17, 15) is 4.79 Å². The largest absolute Gasteiger partial charge is 0.481 e. The van der Waals surface area contributed by atoms with Gasteiger partial charge in [0, 0.05) is 11.6 Å². The second-order valence-electron chi connectivity index (χ2n) is 6.88. The zero-order valence-electron chi connectivity index (χ0n) is 13.7. The van der Waals surface area contributed by atoms with E-state index >= 15 is 0 Å². The molecule has 3 nitrogen and oxygen atoms in total. The van der Waals surface area contributed by atoms with E-state index in [1.165, 1.54) is 16.7 Å². The minimum atomic E-state index is -0.783. The number of hydrogen-bond donors (Lipinski definition) is 2. The third-order valence-corrected chi connectivity index (χ3v) is 5.18. The van der Waals surface area contributed by atoms with Gasteiger partial charge in [-0.15, -0.1) is 0 Å². The second-order valence-corrected chi connectivity index (χ2v) is 6.88. The summed E-state index contributed by atoms with van der Waals surface area (Å²) in [5.41, 5.74) is 5.84. The Hall–Kier alpha value is -2.55. The number of anilines is 1. The highest BCUT2D eigenvalue weighted by Gasteiger charge is 2.37. The quantitative estimate of drug-likeness (QED) is 0.822. The van der Waals surface area contributed by atoms with Gasteiger partial charge in [0.2, 0.25) is 0 Å². The lowest BCUT2D eigenvalue weighted by Gasteiger charge is -2.38. The predicted octanol–water partition coefficient (Wildman–Crippen LogP) is 4.45. The summed E-state index contributed by atoms with van der Waals surface area (Å²) < 4.78 is 0. The summed E-state index contributed by atoms with van der Waals surface area (Å²) in [6.07, 6.45) is 5.69. The first-order chi connectivity index (χ1) is 11.6. The topological polar surface area (TPSA) is 49.3 Å². The second kappa shape index (κ2) is 5.82. The van der Waals surface area contributed by atoms with E-state index < -0.39 is 5.97 Å². The van der Waals surface area contributed by atoms with Crippen LogP contribution in [0.1, 0.15) is 40.6 Å². The number of aliphatic carboxylic acids is 1. The van der Waals surface area contributed by atoms with E-state index in [2.05, 4.69) is 54.7 Å². The lowest BCUT2D eigenvalue weighted by atomic mass is 9.76. The fourth-order valence-corrected chi connectivity index (χ4v) is 4.12. The minimum Gasteiger partial charge on any atom is -0.481 e. The molecule has 0 saturated carbocycles. The molecule has 3 heteroatoms. The van der Waals surface area contributed by atoms with Crippen molar-refractivity contribution in [2.75, 3.05) is 5.32 Å². The molecule has 2 aliphatic rings. The predicted molar refractivity (Wildman–Crippen MR) is 95.3 cm³/mol. The molecule has 1 aliphatic heterocycles. The third-order valence-electron chi connectivity index (χ3n) is 5.18. The van der Waals surface area contributed by atoms with Gasteiger partial charge in [-0.05, 0) is 42.0 Å². The molecule has 0 unspecified atom stereocenters. The number of nitrogens with one attached hydrogen (secondary N) is 1. The average molecular weight is 319 g/mol. The maximum atomic E-state index is 11.0. The maximum Gasteiger partial charge on any atom is 0.307 e. The molecule has 24 heavy (non-hydrogen) atoms. The molecule has 1 aliphatic carbocycles. The lowest BCUT2D eigenvalue weighted by molar-refractivity contribution is -0.136. The lowest BCUT2D eigenvalue weighted by Crippen LogP contribution is -2.29. The van der Waals surface area contributed by atoms with E-state index in [4.69, 9.17) is 5.11 Å². The van der Waals surface area contributed by atoms with Crippen molar-refractivity contribution >= 4 is 11.7 Å². The standard InChI is InChI=1S/C21H21NO2/c1-13-4-2-5-15(10-13)21-17-7-3-6-16(17)18-11-14(12-20(23)24)8-9-19(18)22-21/h2-6,8-11,16-17,21-22H,7,12H2,1H3,(H,23,24)/t16-,17+,21+/m1/s1. The molecule has 122 valence electrons. The molecule has 2 N–H and O–H groups in total. The van der Waals surface area contributed by atoms with Gasteiger partial charge in [0.25, 0.3) is 0 Å². The highest BCUT2D eigenvalue weighted by atomic mass is 16.4. The molecule has 2 aromatic carbocycles. The van der Waals surface area contributed by atoms with Crippen LogP contribution in [-0.2, 0) is 11.2 Å². The van der Waals surface area contributed by atoms with Gasteiger partial charge in [-0.2, -0.15) is 0 Å². The zero-order chi connectivity index (χ0) is 16.7. The first kappa shape index (κ1) is 15.0. The average Bonchev–Trinajstić information content (AvgIpc) is 3.03. The van der Waals surface area contributed by atoms with Crippen molar-refractivity contribution in [3.05, 3.63) is 76.9 Å². The summed E-state index contributed by atoms with van der Waals surface area (Å²) in [6, 6.07) is 15.0. The molecule has 1 heterocycles. The van der Waals surface area contributed by atoms with Gasteiger partial charge in [-0.3, -0.25) is 4.79 Å². The molecule has 0 spiro atoms. The first-order valence-corrected chi connectivity index (χ1v) is 8.46. The highest BCUT2D eigenvalue weighted by molar-refractivity contribution is 5.71. The van der Waals surface area contributed by atoms with Gasteiger partial charge in [-0.1, -0.05) is 54.1 Å². The summed E-state index contributed by atoms with van der Waals surface area (Å²) in [4.78, 5) is 11.0. The van der Waals surface area contributed by atoms with E-state index in [0.29, 0.717) is 17.9 Å². The van der Waals surface area contributed by atoms with Crippen LogP contribution in [0.15, 0.2) is 54.6 Å². The number of allylic oxidation sites excluding steroid dienone is 2. The van der Waals surface area contributed by atoms with Gasteiger partial charge >= 0.3 is 5.97 Å². The Kier molecular flexibility index (Phi) is 3.64. The Bertz CT molecular complexity index is 824. The number of carboxylic acid groups (broad SMARTS) is 1. The Balaban J connectivity index is 1.73. The number of hydrogen-bond acceptors (Lipinski definition) is 2. The van der Waals surface area contributed by atoms with Gasteiger partial charge in [0.1, 0.15) is 0 Å². The molecule has 2 aromatic rings. The Morgan fingerprint density at radius 2 is 2.12 bits per heavy atom. The normalized spacial score (nSPS) is 24.1. The number of aryl methyl sites for hydroxylation is 1. The summed E-state index contributed by atoms with van der Waals surface area (Å²) in [6.45, 7) is 2.13. The molecule has 0 bridgehead atoms. The van der Waals surface area contributed by atoms with Gasteiger partial charge in [0.15, 0.2) is 0 Å². The molecule has 0 amide bonds. The molecule has 0 aromatic heterocycles. The monoisotopic (exact) mass is 319 g/mol. The van der Waals surface area contributed by atoms with E-state index in [1.54, 1.807) is 0 Å². The fraction of sp³-hybridized carbons (Fsp3) is 0.286. The van der Waals surface area contributed by atoms with Gasteiger partial charge in [-0.25, -0.2) is 0 Å². The van der Waals surface area contributed by atoms with Crippen molar-refractivity contribution in [3.8, 4) is 0 Å². The van der Waals surface area contributed by atoms with Crippen LogP contribution in [0.25, 0.3) is 0 Å². The Morgan fingerprint density at radius 3 is 2.92 bits per heavy atom. The molecule has 3 atom stereocenters. The minimum absolute atomic E-state index is 0.0791. The molecular formula is C21H21NO2.